The molecule has 0 amide bonds. The zero-order chi connectivity index (χ0) is 10.5. The number of ether oxygens (including phenoxy) is 1. The van der Waals surface area contributed by atoms with E-state index in [0.29, 0.717) is 11.7 Å². The fraction of sp³-hybridized carbons (Fsp3) is 0.636. The van der Waals surface area contributed by atoms with E-state index in [1.807, 2.05) is 6.07 Å². The minimum absolute atomic E-state index is 0.0313. The van der Waals surface area contributed by atoms with Crippen molar-refractivity contribution < 1.29 is 14.3 Å². The molecule has 1 unspecified atom stereocenters. The minimum atomic E-state index is -0.0313. The van der Waals surface area contributed by atoms with Gasteiger partial charge in [-0.25, -0.2) is 0 Å². The van der Waals surface area contributed by atoms with Crippen LogP contribution in [-0.2, 0) is 17.9 Å². The number of nitrogens with one attached hydrogen (secondary N) is 1. The molecule has 4 heteroatoms. The number of hydrogen-bond donors (Lipinski definition) is 2. The molecule has 1 aliphatic rings. The lowest BCUT2D eigenvalue weighted by Gasteiger charge is -2.07. The fourth-order valence-electron chi connectivity index (χ4n) is 1.75. The molecule has 15 heavy (non-hydrogen) atoms. The maximum absolute atomic E-state index is 8.82. The maximum Gasteiger partial charge on any atom is 0.129 e. The Morgan fingerprint density at radius 2 is 2.27 bits per heavy atom. The van der Waals surface area contributed by atoms with Crippen LogP contribution in [0.3, 0.4) is 0 Å². The van der Waals surface area contributed by atoms with Gasteiger partial charge in [-0.3, -0.25) is 0 Å². The van der Waals surface area contributed by atoms with E-state index >= 15 is 0 Å². The molecular weight excluding hydrogens is 194 g/mol. The highest BCUT2D eigenvalue weighted by Gasteiger charge is 2.14. The highest BCUT2D eigenvalue weighted by molar-refractivity contribution is 5.05. The third-order valence-corrected chi connectivity index (χ3v) is 2.63. The summed E-state index contributed by atoms with van der Waals surface area (Å²) in [6.07, 6.45) is 1.15. The van der Waals surface area contributed by atoms with Crippen molar-refractivity contribution in [2.75, 3.05) is 19.8 Å². The third-order valence-electron chi connectivity index (χ3n) is 2.63. The summed E-state index contributed by atoms with van der Waals surface area (Å²) in [6.45, 7) is 3.41. The van der Waals surface area contributed by atoms with Crippen LogP contribution in [0.2, 0.25) is 0 Å². The first-order chi connectivity index (χ1) is 7.38. The van der Waals surface area contributed by atoms with Gasteiger partial charge in [0.25, 0.3) is 0 Å². The van der Waals surface area contributed by atoms with Crippen molar-refractivity contribution in [1.82, 2.24) is 5.32 Å². The predicted molar refractivity (Wildman–Crippen MR) is 55.3 cm³/mol. The molecule has 1 aromatic heterocycles. The molecule has 1 aliphatic heterocycles. The van der Waals surface area contributed by atoms with Gasteiger partial charge in [0.1, 0.15) is 18.1 Å². The molecule has 1 saturated heterocycles. The monoisotopic (exact) mass is 211 g/mol. The first-order valence-electron chi connectivity index (χ1n) is 5.35. The van der Waals surface area contributed by atoms with Crippen LogP contribution < -0.4 is 5.32 Å². The van der Waals surface area contributed by atoms with Crippen LogP contribution in [0, 0.1) is 5.92 Å². The summed E-state index contributed by atoms with van der Waals surface area (Å²) in [6, 6.07) is 3.69. The summed E-state index contributed by atoms with van der Waals surface area (Å²) in [7, 11) is 0. The summed E-state index contributed by atoms with van der Waals surface area (Å²) in [5, 5.41) is 12.1. The van der Waals surface area contributed by atoms with Gasteiger partial charge in [-0.1, -0.05) is 0 Å². The van der Waals surface area contributed by atoms with Gasteiger partial charge in [-0.15, -0.1) is 0 Å². The first kappa shape index (κ1) is 10.7. The van der Waals surface area contributed by atoms with Gasteiger partial charge < -0.3 is 19.6 Å². The van der Waals surface area contributed by atoms with Crippen LogP contribution in [0.15, 0.2) is 16.5 Å². The molecule has 0 saturated carbocycles. The third kappa shape index (κ3) is 3.06. The Balaban J connectivity index is 1.68. The molecule has 0 spiro atoms. The van der Waals surface area contributed by atoms with Crippen LogP contribution in [0.5, 0.6) is 0 Å². The minimum Gasteiger partial charge on any atom is -0.462 e. The number of hydrogen-bond acceptors (Lipinski definition) is 4. The van der Waals surface area contributed by atoms with E-state index in [1.54, 1.807) is 6.07 Å². The highest BCUT2D eigenvalue weighted by atomic mass is 16.5. The second-order valence-corrected chi connectivity index (χ2v) is 3.89. The van der Waals surface area contributed by atoms with E-state index in [2.05, 4.69) is 5.32 Å². The van der Waals surface area contributed by atoms with E-state index in [1.165, 1.54) is 0 Å². The molecule has 0 aliphatic carbocycles. The van der Waals surface area contributed by atoms with Gasteiger partial charge in [0.05, 0.1) is 13.2 Å². The zero-order valence-corrected chi connectivity index (χ0v) is 8.74. The maximum atomic E-state index is 8.82. The Morgan fingerprint density at radius 1 is 1.40 bits per heavy atom. The van der Waals surface area contributed by atoms with Crippen molar-refractivity contribution in [2.45, 2.75) is 19.6 Å². The Morgan fingerprint density at radius 3 is 2.93 bits per heavy atom. The van der Waals surface area contributed by atoms with Crippen molar-refractivity contribution in [3.8, 4) is 0 Å². The Bertz CT molecular complexity index is 292. The van der Waals surface area contributed by atoms with E-state index in [4.69, 9.17) is 14.3 Å². The number of rotatable bonds is 5. The zero-order valence-electron chi connectivity index (χ0n) is 8.74. The summed E-state index contributed by atoms with van der Waals surface area (Å²) in [5.41, 5.74) is 0. The molecule has 2 N–H and O–H groups in total. The van der Waals surface area contributed by atoms with Crippen LogP contribution in [-0.4, -0.2) is 24.9 Å². The molecule has 4 nitrogen and oxygen atoms in total. The molecular formula is C11H17NO3. The van der Waals surface area contributed by atoms with Gasteiger partial charge in [-0.05, 0) is 24.5 Å². The van der Waals surface area contributed by atoms with Crippen LogP contribution in [0.1, 0.15) is 17.9 Å². The summed E-state index contributed by atoms with van der Waals surface area (Å²) in [4.78, 5) is 0. The van der Waals surface area contributed by atoms with Gasteiger partial charge in [0.2, 0.25) is 0 Å². The molecule has 2 rings (SSSR count). The Kier molecular flexibility index (Phi) is 3.77. The fourth-order valence-corrected chi connectivity index (χ4v) is 1.75. The lowest BCUT2D eigenvalue weighted by atomic mass is 10.1. The predicted octanol–water partition coefficient (Wildman–Crippen LogP) is 0.898. The molecule has 1 aromatic rings. The highest BCUT2D eigenvalue weighted by Crippen LogP contribution is 2.11. The number of furan rings is 1. The normalized spacial score (nSPS) is 21.0. The average molecular weight is 211 g/mol. The van der Waals surface area contributed by atoms with Gasteiger partial charge in [0, 0.05) is 13.2 Å². The first-order valence-corrected chi connectivity index (χ1v) is 5.35. The van der Waals surface area contributed by atoms with Crippen molar-refractivity contribution in [3.63, 3.8) is 0 Å². The quantitative estimate of drug-likeness (QED) is 0.759. The number of aliphatic hydroxyl groups is 1. The largest absolute Gasteiger partial charge is 0.462 e. The average Bonchev–Trinajstić information content (AvgIpc) is 2.88. The van der Waals surface area contributed by atoms with Crippen LogP contribution in [0.25, 0.3) is 0 Å². The smallest absolute Gasteiger partial charge is 0.129 e. The molecule has 1 fully saturated rings. The molecule has 84 valence electrons. The lowest BCUT2D eigenvalue weighted by molar-refractivity contribution is 0.185. The van der Waals surface area contributed by atoms with Gasteiger partial charge in [-0.2, -0.15) is 0 Å². The second-order valence-electron chi connectivity index (χ2n) is 3.89. The van der Waals surface area contributed by atoms with Crippen LogP contribution >= 0.6 is 0 Å². The molecule has 2 heterocycles. The van der Waals surface area contributed by atoms with E-state index in [0.717, 1.165) is 38.5 Å². The standard InChI is InChI=1S/C11H17NO3/c13-7-11-2-1-10(15-11)6-12-5-9-3-4-14-8-9/h1-2,9,12-13H,3-8H2. The summed E-state index contributed by atoms with van der Waals surface area (Å²) >= 11 is 0. The molecule has 0 radical (unpaired) electrons. The molecule has 1 atom stereocenters. The number of aliphatic hydroxyl groups excluding tert-OH is 1. The SMILES string of the molecule is OCc1ccc(CNCC2CCOC2)o1. The lowest BCUT2D eigenvalue weighted by Crippen LogP contribution is -2.22. The topological polar surface area (TPSA) is 54.6 Å². The molecule has 0 bridgehead atoms. The van der Waals surface area contributed by atoms with Crippen LogP contribution in [0.4, 0.5) is 0 Å². The van der Waals surface area contributed by atoms with E-state index in [9.17, 15) is 0 Å². The van der Waals surface area contributed by atoms with Gasteiger partial charge in [0.15, 0.2) is 0 Å². The van der Waals surface area contributed by atoms with Crippen molar-refractivity contribution in [2.24, 2.45) is 5.92 Å². The van der Waals surface area contributed by atoms with Gasteiger partial charge >= 0.3 is 0 Å². The Hall–Kier alpha value is -0.840. The van der Waals surface area contributed by atoms with Crippen molar-refractivity contribution >= 4 is 0 Å². The van der Waals surface area contributed by atoms with E-state index < -0.39 is 0 Å². The Labute approximate surface area is 89.2 Å². The second kappa shape index (κ2) is 5.30. The summed E-state index contributed by atoms with van der Waals surface area (Å²) < 4.78 is 10.6. The van der Waals surface area contributed by atoms with Crippen molar-refractivity contribution in [3.05, 3.63) is 23.7 Å². The summed E-state index contributed by atoms with van der Waals surface area (Å²) in [5.74, 6) is 2.13. The van der Waals surface area contributed by atoms with E-state index in [-0.39, 0.29) is 6.61 Å². The molecule has 0 aromatic carbocycles. The van der Waals surface area contributed by atoms with Crippen molar-refractivity contribution in [1.29, 1.82) is 0 Å².